The van der Waals surface area contributed by atoms with Crippen molar-refractivity contribution in [3.63, 3.8) is 0 Å². The quantitative estimate of drug-likeness (QED) is 0.728. The van der Waals surface area contributed by atoms with Crippen molar-refractivity contribution in [3.05, 3.63) is 63.3 Å². The molecule has 8 heteroatoms. The number of aromatic nitrogens is 4. The largest absolute Gasteiger partial charge is 0.389 e. The summed E-state index contributed by atoms with van der Waals surface area (Å²) >= 11 is 5.83. The van der Waals surface area contributed by atoms with Crippen LogP contribution in [0.4, 0.5) is 0 Å². The Morgan fingerprint density at radius 2 is 2.08 bits per heavy atom. The number of nitrogens with zero attached hydrogens (tertiary/aromatic N) is 4. The molecule has 126 valence electrons. The highest BCUT2D eigenvalue weighted by atomic mass is 35.5. The summed E-state index contributed by atoms with van der Waals surface area (Å²) in [4.78, 5) is 15.9. The van der Waals surface area contributed by atoms with Crippen LogP contribution in [0.5, 0.6) is 0 Å². The molecular formula is C16H17ClN4O3. The Morgan fingerprint density at radius 3 is 2.83 bits per heavy atom. The molecule has 0 fully saturated rings. The molecule has 24 heavy (non-hydrogen) atoms. The van der Waals surface area contributed by atoms with Crippen LogP contribution in [-0.4, -0.2) is 37.0 Å². The van der Waals surface area contributed by atoms with Crippen LogP contribution in [0.2, 0.25) is 5.02 Å². The molecule has 1 atom stereocenters. The van der Waals surface area contributed by atoms with Crippen molar-refractivity contribution in [1.29, 1.82) is 0 Å². The van der Waals surface area contributed by atoms with Crippen LogP contribution < -0.4 is 5.56 Å². The molecule has 7 nitrogen and oxygen atoms in total. The molecule has 0 bridgehead atoms. The fraction of sp³-hybridized carbons (Fsp3) is 0.312. The van der Waals surface area contributed by atoms with Gasteiger partial charge in [-0.05, 0) is 24.6 Å². The maximum Gasteiger partial charge on any atom is 0.275 e. The van der Waals surface area contributed by atoms with Crippen LogP contribution in [0, 0.1) is 6.92 Å². The molecule has 0 saturated heterocycles. The van der Waals surface area contributed by atoms with Gasteiger partial charge in [-0.15, -0.1) is 0 Å². The highest BCUT2D eigenvalue weighted by Crippen LogP contribution is 2.10. The fourth-order valence-electron chi connectivity index (χ4n) is 2.43. The number of halogens is 1. The lowest BCUT2D eigenvalue weighted by molar-refractivity contribution is 0.0204. The SMILES string of the molecule is Cc1cc(=O)n2ncnc2n1CC(O)COCc1ccc(Cl)cc1. The van der Waals surface area contributed by atoms with E-state index in [1.165, 1.54) is 16.9 Å². The molecule has 0 spiro atoms. The summed E-state index contributed by atoms with van der Waals surface area (Å²) in [6.45, 7) is 2.60. The van der Waals surface area contributed by atoms with Crippen LogP contribution in [0.3, 0.4) is 0 Å². The van der Waals surface area contributed by atoms with Gasteiger partial charge in [0.2, 0.25) is 5.78 Å². The smallest absolute Gasteiger partial charge is 0.275 e. The van der Waals surface area contributed by atoms with E-state index in [0.717, 1.165) is 5.56 Å². The van der Waals surface area contributed by atoms with Gasteiger partial charge in [0.1, 0.15) is 6.33 Å². The number of aliphatic hydroxyl groups excluding tert-OH is 1. The number of ether oxygens (including phenoxy) is 1. The number of aliphatic hydroxyl groups is 1. The second-order valence-corrected chi connectivity index (χ2v) is 5.94. The Bertz CT molecular complexity index is 888. The zero-order valence-electron chi connectivity index (χ0n) is 13.1. The third-order valence-electron chi connectivity index (χ3n) is 3.62. The molecule has 0 aliphatic carbocycles. The molecule has 1 unspecified atom stereocenters. The summed E-state index contributed by atoms with van der Waals surface area (Å²) in [7, 11) is 0. The van der Waals surface area contributed by atoms with E-state index in [1.54, 1.807) is 23.6 Å². The van der Waals surface area contributed by atoms with Gasteiger partial charge >= 0.3 is 0 Å². The fourth-order valence-corrected chi connectivity index (χ4v) is 2.56. The number of fused-ring (bicyclic) bond motifs is 1. The minimum atomic E-state index is -0.737. The maximum absolute atomic E-state index is 11.8. The zero-order valence-corrected chi connectivity index (χ0v) is 13.8. The van der Waals surface area contributed by atoms with Gasteiger partial charge in [0, 0.05) is 16.8 Å². The Hall–Kier alpha value is -2.22. The first kappa shape index (κ1) is 16.6. The molecule has 0 amide bonds. The van der Waals surface area contributed by atoms with Crippen LogP contribution in [0.25, 0.3) is 5.78 Å². The van der Waals surface area contributed by atoms with E-state index in [2.05, 4.69) is 10.1 Å². The Labute approximate surface area is 143 Å². The van der Waals surface area contributed by atoms with Crippen molar-refractivity contribution in [2.75, 3.05) is 6.61 Å². The van der Waals surface area contributed by atoms with Gasteiger partial charge in [-0.25, -0.2) is 0 Å². The lowest BCUT2D eigenvalue weighted by Crippen LogP contribution is -2.27. The van der Waals surface area contributed by atoms with Crippen LogP contribution >= 0.6 is 11.6 Å². The first-order valence-electron chi connectivity index (χ1n) is 7.45. The Balaban J connectivity index is 1.63. The van der Waals surface area contributed by atoms with E-state index in [1.807, 2.05) is 12.1 Å². The predicted molar refractivity (Wildman–Crippen MR) is 89.1 cm³/mol. The third-order valence-corrected chi connectivity index (χ3v) is 3.88. The van der Waals surface area contributed by atoms with E-state index >= 15 is 0 Å². The molecule has 0 aliphatic heterocycles. The van der Waals surface area contributed by atoms with Crippen molar-refractivity contribution in [2.24, 2.45) is 0 Å². The molecule has 0 aliphatic rings. The standard InChI is InChI=1S/C16H17ClN4O3/c1-11-6-15(23)21-16(18-10-19-21)20(11)7-14(22)9-24-8-12-2-4-13(17)5-3-12/h2-6,10,14,22H,7-9H2,1H3. The van der Waals surface area contributed by atoms with Crippen molar-refractivity contribution in [1.82, 2.24) is 19.2 Å². The molecule has 2 aromatic heterocycles. The Morgan fingerprint density at radius 1 is 1.33 bits per heavy atom. The number of hydrogen-bond acceptors (Lipinski definition) is 5. The van der Waals surface area contributed by atoms with Crippen LogP contribution in [0.1, 0.15) is 11.3 Å². The van der Waals surface area contributed by atoms with Crippen molar-refractivity contribution in [2.45, 2.75) is 26.2 Å². The number of aryl methyl sites for hydroxylation is 1. The first-order valence-corrected chi connectivity index (χ1v) is 7.83. The summed E-state index contributed by atoms with van der Waals surface area (Å²) in [6.07, 6.45) is 0.579. The van der Waals surface area contributed by atoms with Crippen molar-refractivity contribution >= 4 is 17.4 Å². The maximum atomic E-state index is 11.8. The van der Waals surface area contributed by atoms with Gasteiger partial charge in [-0.1, -0.05) is 23.7 Å². The minimum Gasteiger partial charge on any atom is -0.389 e. The van der Waals surface area contributed by atoms with E-state index in [4.69, 9.17) is 16.3 Å². The number of rotatable bonds is 6. The topological polar surface area (TPSA) is 81.7 Å². The van der Waals surface area contributed by atoms with E-state index < -0.39 is 6.10 Å². The van der Waals surface area contributed by atoms with E-state index in [9.17, 15) is 9.90 Å². The predicted octanol–water partition coefficient (Wildman–Crippen LogP) is 1.43. The molecule has 3 aromatic rings. The molecule has 1 N–H and O–H groups in total. The lowest BCUT2D eigenvalue weighted by Gasteiger charge is -2.16. The van der Waals surface area contributed by atoms with E-state index in [0.29, 0.717) is 23.1 Å². The molecule has 1 aromatic carbocycles. The Kier molecular flexibility index (Phi) is 4.94. The van der Waals surface area contributed by atoms with Gasteiger partial charge in [-0.2, -0.15) is 14.6 Å². The lowest BCUT2D eigenvalue weighted by atomic mass is 10.2. The van der Waals surface area contributed by atoms with Crippen LogP contribution in [-0.2, 0) is 17.9 Å². The highest BCUT2D eigenvalue weighted by Gasteiger charge is 2.12. The molecule has 2 heterocycles. The first-order chi connectivity index (χ1) is 11.5. The third kappa shape index (κ3) is 3.64. The molecule has 0 radical (unpaired) electrons. The summed E-state index contributed by atoms with van der Waals surface area (Å²) in [5, 5.41) is 14.8. The summed E-state index contributed by atoms with van der Waals surface area (Å²) in [5.41, 5.74) is 1.44. The summed E-state index contributed by atoms with van der Waals surface area (Å²) in [6, 6.07) is 8.80. The van der Waals surface area contributed by atoms with Gasteiger partial charge in [0.15, 0.2) is 0 Å². The average Bonchev–Trinajstić information content (AvgIpc) is 3.03. The molecule has 3 rings (SSSR count). The summed E-state index contributed by atoms with van der Waals surface area (Å²) < 4.78 is 8.48. The minimum absolute atomic E-state index is 0.161. The number of hydrogen-bond donors (Lipinski definition) is 1. The van der Waals surface area contributed by atoms with Gasteiger partial charge in [0.05, 0.1) is 25.9 Å². The van der Waals surface area contributed by atoms with Gasteiger partial charge < -0.3 is 14.4 Å². The average molecular weight is 349 g/mol. The second kappa shape index (κ2) is 7.12. The summed E-state index contributed by atoms with van der Waals surface area (Å²) in [5.74, 6) is 0.400. The normalized spacial score (nSPS) is 12.6. The van der Waals surface area contributed by atoms with Gasteiger partial charge in [0.25, 0.3) is 5.56 Å². The number of benzene rings is 1. The van der Waals surface area contributed by atoms with Crippen molar-refractivity contribution in [3.8, 4) is 0 Å². The van der Waals surface area contributed by atoms with Crippen LogP contribution in [0.15, 0.2) is 41.5 Å². The van der Waals surface area contributed by atoms with Crippen molar-refractivity contribution < 1.29 is 9.84 Å². The highest BCUT2D eigenvalue weighted by molar-refractivity contribution is 6.30. The molecular weight excluding hydrogens is 332 g/mol. The molecule has 0 saturated carbocycles. The monoisotopic (exact) mass is 348 g/mol. The zero-order chi connectivity index (χ0) is 17.1. The van der Waals surface area contributed by atoms with E-state index in [-0.39, 0.29) is 18.7 Å². The second-order valence-electron chi connectivity index (χ2n) is 5.50. The van der Waals surface area contributed by atoms with Gasteiger partial charge in [-0.3, -0.25) is 4.79 Å².